The number of para-hydroxylation sites is 1. The third-order valence-corrected chi connectivity index (χ3v) is 3.78. The molecule has 1 aliphatic heterocycles. The highest BCUT2D eigenvalue weighted by atomic mass is 32.2. The van der Waals surface area contributed by atoms with E-state index in [1.54, 1.807) is 12.1 Å². The number of ketones is 1. The van der Waals surface area contributed by atoms with Crippen LogP contribution in [0.4, 0.5) is 0 Å². The fraction of sp³-hybridized carbons (Fsp3) is 0.417. The van der Waals surface area contributed by atoms with Gasteiger partial charge in [-0.3, -0.25) is 4.79 Å². The van der Waals surface area contributed by atoms with Crippen molar-refractivity contribution >= 4 is 17.5 Å². The number of ether oxygens (including phenoxy) is 1. The van der Waals surface area contributed by atoms with Crippen molar-refractivity contribution in [1.82, 2.24) is 0 Å². The molecule has 0 fully saturated rings. The molecule has 1 aromatic rings. The number of hydrogen-bond donors (Lipinski definition) is 2. The minimum atomic E-state index is -1.20. The van der Waals surface area contributed by atoms with Crippen molar-refractivity contribution in [3.05, 3.63) is 23.8 Å². The molecule has 0 spiro atoms. The lowest BCUT2D eigenvalue weighted by Gasteiger charge is -2.33. The number of fused-ring (bicyclic) bond motifs is 1. The summed E-state index contributed by atoms with van der Waals surface area (Å²) in [6, 6.07) is 5.31. The van der Waals surface area contributed by atoms with Gasteiger partial charge in [0.15, 0.2) is 5.78 Å². The lowest BCUT2D eigenvalue weighted by molar-refractivity contribution is 0.0104. The zero-order valence-electron chi connectivity index (χ0n) is 9.47. The molecule has 92 valence electrons. The van der Waals surface area contributed by atoms with Crippen molar-refractivity contribution < 1.29 is 19.7 Å². The summed E-state index contributed by atoms with van der Waals surface area (Å²) in [4.78, 5) is 13.1. The second kappa shape index (κ2) is 4.68. The summed E-state index contributed by atoms with van der Waals surface area (Å²) < 4.78 is 5.55. The molecule has 17 heavy (non-hydrogen) atoms. The predicted molar refractivity (Wildman–Crippen MR) is 64.7 cm³/mol. The zero-order valence-corrected chi connectivity index (χ0v) is 10.3. The molecule has 0 amide bonds. The number of aliphatic hydroxyl groups excluding tert-OH is 2. The molecule has 0 radical (unpaired) electrons. The number of aliphatic hydroxyl groups is 2. The van der Waals surface area contributed by atoms with E-state index >= 15 is 0 Å². The van der Waals surface area contributed by atoms with E-state index in [9.17, 15) is 15.0 Å². The Hall–Kier alpha value is -1.04. The number of rotatable bonds is 3. The van der Waals surface area contributed by atoms with Gasteiger partial charge in [-0.2, -0.15) is 0 Å². The Labute approximate surface area is 104 Å². The van der Waals surface area contributed by atoms with Gasteiger partial charge in [0.2, 0.25) is 0 Å². The summed E-state index contributed by atoms with van der Waals surface area (Å²) >= 11 is 1.50. The second-order valence-electron chi connectivity index (χ2n) is 4.05. The molecular weight excluding hydrogens is 240 g/mol. The molecule has 2 rings (SSSR count). The van der Waals surface area contributed by atoms with E-state index in [1.165, 1.54) is 11.8 Å². The van der Waals surface area contributed by atoms with Crippen molar-refractivity contribution in [2.75, 3.05) is 26.1 Å². The van der Waals surface area contributed by atoms with Gasteiger partial charge < -0.3 is 14.9 Å². The highest BCUT2D eigenvalue weighted by molar-refractivity contribution is 7.98. The molecule has 5 heteroatoms. The first-order chi connectivity index (χ1) is 8.18. The standard InChI is InChI=1S/C12H14O4S/c1-17-9-4-2-3-8-10(9)16-7-12(5-13,6-14)11(8)15/h2-4,13-14H,5-7H2,1H3. The molecule has 1 aliphatic rings. The molecule has 0 aliphatic carbocycles. The maximum Gasteiger partial charge on any atom is 0.180 e. The lowest BCUT2D eigenvalue weighted by Crippen LogP contribution is -2.46. The third-order valence-electron chi connectivity index (χ3n) is 3.02. The summed E-state index contributed by atoms with van der Waals surface area (Å²) in [6.07, 6.45) is 1.91. The van der Waals surface area contributed by atoms with Crippen molar-refractivity contribution in [2.24, 2.45) is 5.41 Å². The van der Waals surface area contributed by atoms with Gasteiger partial charge in [0.05, 0.1) is 18.8 Å². The summed E-state index contributed by atoms with van der Waals surface area (Å²) in [7, 11) is 0. The average molecular weight is 254 g/mol. The number of carbonyl (C=O) groups excluding carboxylic acids is 1. The van der Waals surface area contributed by atoms with Crippen LogP contribution in [0.3, 0.4) is 0 Å². The van der Waals surface area contributed by atoms with Gasteiger partial charge >= 0.3 is 0 Å². The fourth-order valence-electron chi connectivity index (χ4n) is 1.85. The van der Waals surface area contributed by atoms with E-state index in [2.05, 4.69) is 0 Å². The molecule has 0 unspecified atom stereocenters. The van der Waals surface area contributed by atoms with Crippen molar-refractivity contribution in [3.8, 4) is 5.75 Å². The number of thioether (sulfide) groups is 1. The van der Waals surface area contributed by atoms with Crippen LogP contribution in [0.1, 0.15) is 10.4 Å². The normalized spacial score (nSPS) is 17.5. The van der Waals surface area contributed by atoms with Gasteiger partial charge in [-0.1, -0.05) is 6.07 Å². The van der Waals surface area contributed by atoms with Crippen LogP contribution in [0.15, 0.2) is 23.1 Å². The van der Waals surface area contributed by atoms with Gasteiger partial charge in [0.25, 0.3) is 0 Å². The summed E-state index contributed by atoms with van der Waals surface area (Å²) in [5.41, 5.74) is -0.768. The van der Waals surface area contributed by atoms with Crippen LogP contribution in [0.25, 0.3) is 0 Å². The first kappa shape index (κ1) is 12.4. The van der Waals surface area contributed by atoms with Gasteiger partial charge in [0, 0.05) is 4.90 Å². The monoisotopic (exact) mass is 254 g/mol. The minimum absolute atomic E-state index is 0.0173. The highest BCUT2D eigenvalue weighted by Gasteiger charge is 2.44. The molecule has 1 aromatic carbocycles. The van der Waals surface area contributed by atoms with Crippen LogP contribution >= 0.6 is 11.8 Å². The molecule has 0 saturated carbocycles. The molecule has 0 aromatic heterocycles. The first-order valence-corrected chi connectivity index (χ1v) is 6.47. The topological polar surface area (TPSA) is 66.8 Å². The third kappa shape index (κ3) is 1.84. The quantitative estimate of drug-likeness (QED) is 0.786. The Bertz CT molecular complexity index is 440. The largest absolute Gasteiger partial charge is 0.490 e. The zero-order chi connectivity index (χ0) is 12.5. The van der Waals surface area contributed by atoms with Crippen LogP contribution in [-0.2, 0) is 0 Å². The van der Waals surface area contributed by atoms with Crippen molar-refractivity contribution in [2.45, 2.75) is 4.90 Å². The smallest absolute Gasteiger partial charge is 0.180 e. The Morgan fingerprint density at radius 2 is 2.12 bits per heavy atom. The van der Waals surface area contributed by atoms with Crippen molar-refractivity contribution in [1.29, 1.82) is 0 Å². The van der Waals surface area contributed by atoms with Gasteiger partial charge in [-0.05, 0) is 18.4 Å². The molecule has 0 saturated heterocycles. The van der Waals surface area contributed by atoms with Crippen LogP contribution in [0, 0.1) is 5.41 Å². The van der Waals surface area contributed by atoms with Crippen LogP contribution in [0.2, 0.25) is 0 Å². The van der Waals surface area contributed by atoms with Crippen LogP contribution in [0.5, 0.6) is 5.75 Å². The van der Waals surface area contributed by atoms with Gasteiger partial charge in [0.1, 0.15) is 17.8 Å². The number of carbonyl (C=O) groups is 1. The Kier molecular flexibility index (Phi) is 3.42. The number of Topliss-reactive ketones (excluding diaryl/α,β-unsaturated/α-hetero) is 1. The minimum Gasteiger partial charge on any atom is -0.490 e. The van der Waals surface area contributed by atoms with Crippen LogP contribution in [-0.4, -0.2) is 42.1 Å². The Morgan fingerprint density at radius 3 is 2.71 bits per heavy atom. The lowest BCUT2D eigenvalue weighted by atomic mass is 9.80. The molecule has 0 bridgehead atoms. The summed E-state index contributed by atoms with van der Waals surface area (Å²) in [5, 5.41) is 18.6. The van der Waals surface area contributed by atoms with E-state index in [0.29, 0.717) is 11.3 Å². The molecule has 2 N–H and O–H groups in total. The average Bonchev–Trinajstić information content (AvgIpc) is 2.39. The van der Waals surface area contributed by atoms with E-state index < -0.39 is 18.6 Å². The van der Waals surface area contributed by atoms with E-state index in [-0.39, 0.29) is 12.4 Å². The van der Waals surface area contributed by atoms with Gasteiger partial charge in [-0.25, -0.2) is 0 Å². The maximum atomic E-state index is 12.3. The van der Waals surface area contributed by atoms with Crippen LogP contribution < -0.4 is 4.74 Å². The van der Waals surface area contributed by atoms with E-state index in [0.717, 1.165) is 4.90 Å². The highest BCUT2D eigenvalue weighted by Crippen LogP contribution is 2.39. The van der Waals surface area contributed by atoms with Gasteiger partial charge in [-0.15, -0.1) is 11.8 Å². The maximum absolute atomic E-state index is 12.3. The molecule has 4 nitrogen and oxygen atoms in total. The predicted octanol–water partition coefficient (Wildman–Crippen LogP) is 0.955. The SMILES string of the molecule is CSc1cccc2c1OCC(CO)(CO)C2=O. The first-order valence-electron chi connectivity index (χ1n) is 5.25. The summed E-state index contributed by atoms with van der Waals surface area (Å²) in [5.74, 6) is 0.308. The molecule has 1 heterocycles. The second-order valence-corrected chi connectivity index (χ2v) is 4.90. The van der Waals surface area contributed by atoms with E-state index in [1.807, 2.05) is 12.3 Å². The summed E-state index contributed by atoms with van der Waals surface area (Å²) in [6.45, 7) is -0.806. The molecule has 0 atom stereocenters. The Morgan fingerprint density at radius 1 is 1.41 bits per heavy atom. The van der Waals surface area contributed by atoms with Crippen molar-refractivity contribution in [3.63, 3.8) is 0 Å². The molecular formula is C12H14O4S. The fourth-order valence-corrected chi connectivity index (χ4v) is 2.42. The number of hydrogen-bond acceptors (Lipinski definition) is 5. The van der Waals surface area contributed by atoms with E-state index in [4.69, 9.17) is 4.74 Å². The Balaban J connectivity index is 2.50. The number of benzene rings is 1.